The van der Waals surface area contributed by atoms with E-state index in [0.717, 1.165) is 18.7 Å². The van der Waals surface area contributed by atoms with Crippen molar-refractivity contribution < 1.29 is 0 Å². The van der Waals surface area contributed by atoms with E-state index in [-0.39, 0.29) is 0 Å². The van der Waals surface area contributed by atoms with Crippen molar-refractivity contribution in [3.63, 3.8) is 0 Å². The Labute approximate surface area is 90.7 Å². The lowest BCUT2D eigenvalue weighted by molar-refractivity contribution is 0.314. The van der Waals surface area contributed by atoms with Gasteiger partial charge in [0.2, 0.25) is 0 Å². The van der Waals surface area contributed by atoms with Crippen LogP contribution in [0.3, 0.4) is 0 Å². The van der Waals surface area contributed by atoms with E-state index in [4.69, 9.17) is 0 Å². The van der Waals surface area contributed by atoms with Gasteiger partial charge >= 0.3 is 0 Å². The molecule has 2 N–H and O–H groups in total. The van der Waals surface area contributed by atoms with E-state index in [0.29, 0.717) is 11.5 Å². The SMILES string of the molecule is CC1(C)CCc2[nH]nc(NC3CC3)c2C1. The highest BCUT2D eigenvalue weighted by molar-refractivity contribution is 5.49. The van der Waals surface area contributed by atoms with Gasteiger partial charge in [-0.25, -0.2) is 0 Å². The fourth-order valence-electron chi connectivity index (χ4n) is 2.37. The Bertz CT molecular complexity index is 374. The van der Waals surface area contributed by atoms with Crippen molar-refractivity contribution in [2.24, 2.45) is 5.41 Å². The van der Waals surface area contributed by atoms with E-state index in [1.807, 2.05) is 0 Å². The molecule has 2 aliphatic carbocycles. The van der Waals surface area contributed by atoms with E-state index in [9.17, 15) is 0 Å². The lowest BCUT2D eigenvalue weighted by atomic mass is 9.76. The standard InChI is InChI=1S/C12H19N3/c1-12(2)6-5-10-9(7-12)11(15-14-10)13-8-3-4-8/h8H,3-7H2,1-2H3,(H2,13,14,15). The molecule has 3 nitrogen and oxygen atoms in total. The number of anilines is 1. The molecule has 1 heterocycles. The number of fused-ring (bicyclic) bond motifs is 1. The molecule has 0 radical (unpaired) electrons. The van der Waals surface area contributed by atoms with Crippen LogP contribution in [0.1, 0.15) is 44.4 Å². The van der Waals surface area contributed by atoms with Crippen LogP contribution >= 0.6 is 0 Å². The smallest absolute Gasteiger partial charge is 0.151 e. The molecule has 82 valence electrons. The minimum absolute atomic E-state index is 0.441. The Morgan fingerprint density at radius 1 is 1.40 bits per heavy atom. The zero-order valence-corrected chi connectivity index (χ0v) is 9.56. The summed E-state index contributed by atoms with van der Waals surface area (Å²) in [6.45, 7) is 4.70. The van der Waals surface area contributed by atoms with Crippen molar-refractivity contribution in [2.45, 2.75) is 52.0 Å². The van der Waals surface area contributed by atoms with Crippen molar-refractivity contribution in [2.75, 3.05) is 5.32 Å². The number of hydrogen-bond acceptors (Lipinski definition) is 2. The number of nitrogens with one attached hydrogen (secondary N) is 2. The molecule has 0 aromatic carbocycles. The summed E-state index contributed by atoms with van der Waals surface area (Å²) in [5.41, 5.74) is 3.24. The van der Waals surface area contributed by atoms with Gasteiger partial charge in [-0.3, -0.25) is 5.10 Å². The van der Waals surface area contributed by atoms with Crippen LogP contribution in [0.25, 0.3) is 0 Å². The van der Waals surface area contributed by atoms with Crippen molar-refractivity contribution in [3.05, 3.63) is 11.3 Å². The summed E-state index contributed by atoms with van der Waals surface area (Å²) in [4.78, 5) is 0. The molecule has 1 saturated carbocycles. The second kappa shape index (κ2) is 3.00. The number of aromatic amines is 1. The second-order valence-corrected chi connectivity index (χ2v) is 5.79. The average molecular weight is 205 g/mol. The van der Waals surface area contributed by atoms with Crippen molar-refractivity contribution in [3.8, 4) is 0 Å². The molecular formula is C12H19N3. The van der Waals surface area contributed by atoms with Gasteiger partial charge in [0.05, 0.1) is 0 Å². The quantitative estimate of drug-likeness (QED) is 0.778. The number of aryl methyl sites for hydroxylation is 1. The maximum Gasteiger partial charge on any atom is 0.151 e. The Morgan fingerprint density at radius 2 is 2.20 bits per heavy atom. The normalized spacial score (nSPS) is 23.6. The van der Waals surface area contributed by atoms with Crippen LogP contribution in [0.15, 0.2) is 0 Å². The highest BCUT2D eigenvalue weighted by Gasteiger charge is 2.31. The minimum Gasteiger partial charge on any atom is -0.366 e. The van der Waals surface area contributed by atoms with Gasteiger partial charge in [-0.1, -0.05) is 13.8 Å². The average Bonchev–Trinajstić information content (AvgIpc) is 2.89. The molecule has 3 heteroatoms. The van der Waals surface area contributed by atoms with Crippen molar-refractivity contribution >= 4 is 5.82 Å². The third kappa shape index (κ3) is 1.75. The van der Waals surface area contributed by atoms with Crippen LogP contribution in [-0.2, 0) is 12.8 Å². The number of nitrogens with zero attached hydrogens (tertiary/aromatic N) is 1. The molecule has 0 bridgehead atoms. The van der Waals surface area contributed by atoms with Gasteiger partial charge in [-0.15, -0.1) is 0 Å². The highest BCUT2D eigenvalue weighted by Crippen LogP contribution is 2.38. The zero-order valence-electron chi connectivity index (χ0n) is 9.56. The molecule has 0 aliphatic heterocycles. The molecule has 15 heavy (non-hydrogen) atoms. The summed E-state index contributed by atoms with van der Waals surface area (Å²) in [7, 11) is 0. The number of H-pyrrole nitrogens is 1. The maximum atomic E-state index is 4.41. The lowest BCUT2D eigenvalue weighted by Crippen LogP contribution is -2.22. The van der Waals surface area contributed by atoms with Gasteiger partial charge in [0, 0.05) is 17.3 Å². The lowest BCUT2D eigenvalue weighted by Gasteiger charge is -2.29. The molecular weight excluding hydrogens is 186 g/mol. The summed E-state index contributed by atoms with van der Waals surface area (Å²) in [5, 5.41) is 11.1. The first-order valence-corrected chi connectivity index (χ1v) is 5.97. The first-order valence-electron chi connectivity index (χ1n) is 5.97. The van der Waals surface area contributed by atoms with Crippen LogP contribution in [0.2, 0.25) is 0 Å². The molecule has 3 rings (SSSR count). The first kappa shape index (κ1) is 9.25. The fraction of sp³-hybridized carbons (Fsp3) is 0.750. The van der Waals surface area contributed by atoms with Crippen molar-refractivity contribution in [1.82, 2.24) is 10.2 Å². The van der Waals surface area contributed by atoms with Crippen LogP contribution in [0.4, 0.5) is 5.82 Å². The zero-order chi connectivity index (χ0) is 10.5. The number of aromatic nitrogens is 2. The predicted octanol–water partition coefficient (Wildman–Crippen LogP) is 2.50. The van der Waals surface area contributed by atoms with Gasteiger partial charge < -0.3 is 5.32 Å². The van der Waals surface area contributed by atoms with E-state index in [1.54, 1.807) is 0 Å². The predicted molar refractivity (Wildman–Crippen MR) is 61.0 cm³/mol. The monoisotopic (exact) mass is 205 g/mol. The number of hydrogen-bond donors (Lipinski definition) is 2. The summed E-state index contributed by atoms with van der Waals surface area (Å²) >= 11 is 0. The summed E-state index contributed by atoms with van der Waals surface area (Å²) < 4.78 is 0. The fourth-order valence-corrected chi connectivity index (χ4v) is 2.37. The molecule has 1 aromatic rings. The van der Waals surface area contributed by atoms with Gasteiger partial charge in [0.15, 0.2) is 5.82 Å². The van der Waals surface area contributed by atoms with Crippen LogP contribution in [0.5, 0.6) is 0 Å². The van der Waals surface area contributed by atoms with E-state index in [2.05, 4.69) is 29.4 Å². The molecule has 0 unspecified atom stereocenters. The Kier molecular flexibility index (Phi) is 1.85. The van der Waals surface area contributed by atoms with Gasteiger partial charge in [0.1, 0.15) is 0 Å². The third-order valence-corrected chi connectivity index (χ3v) is 3.58. The highest BCUT2D eigenvalue weighted by atomic mass is 15.2. The molecule has 2 aliphatic rings. The molecule has 1 fully saturated rings. The van der Waals surface area contributed by atoms with Crippen LogP contribution in [0, 0.1) is 5.41 Å². The third-order valence-electron chi connectivity index (χ3n) is 3.58. The summed E-state index contributed by atoms with van der Waals surface area (Å²) in [6.07, 6.45) is 6.21. The van der Waals surface area contributed by atoms with Crippen molar-refractivity contribution in [1.29, 1.82) is 0 Å². The largest absolute Gasteiger partial charge is 0.366 e. The molecule has 0 spiro atoms. The van der Waals surface area contributed by atoms with E-state index < -0.39 is 0 Å². The first-order chi connectivity index (χ1) is 7.14. The molecule has 0 atom stereocenters. The minimum atomic E-state index is 0.441. The maximum absolute atomic E-state index is 4.41. The van der Waals surface area contributed by atoms with Gasteiger partial charge in [0.25, 0.3) is 0 Å². The van der Waals surface area contributed by atoms with Crippen LogP contribution in [-0.4, -0.2) is 16.2 Å². The second-order valence-electron chi connectivity index (χ2n) is 5.79. The summed E-state index contributed by atoms with van der Waals surface area (Å²) in [5.74, 6) is 1.13. The number of rotatable bonds is 2. The molecule has 0 amide bonds. The summed E-state index contributed by atoms with van der Waals surface area (Å²) in [6, 6.07) is 0.697. The van der Waals surface area contributed by atoms with E-state index >= 15 is 0 Å². The topological polar surface area (TPSA) is 40.7 Å². The Morgan fingerprint density at radius 3 is 2.93 bits per heavy atom. The Hall–Kier alpha value is -0.990. The van der Waals surface area contributed by atoms with Gasteiger partial charge in [-0.2, -0.15) is 5.10 Å². The van der Waals surface area contributed by atoms with Crippen LogP contribution < -0.4 is 5.32 Å². The Balaban J connectivity index is 1.87. The molecule has 1 aromatic heterocycles. The van der Waals surface area contributed by atoms with E-state index in [1.165, 1.54) is 30.5 Å². The molecule has 0 saturated heterocycles. The van der Waals surface area contributed by atoms with Gasteiger partial charge in [-0.05, 0) is 37.5 Å².